The summed E-state index contributed by atoms with van der Waals surface area (Å²) in [4.78, 5) is 18.5. The van der Waals surface area contributed by atoms with Crippen LogP contribution in [0.1, 0.15) is 13.3 Å². The highest BCUT2D eigenvalue weighted by Crippen LogP contribution is 2.33. The van der Waals surface area contributed by atoms with E-state index in [0.29, 0.717) is 30.2 Å². The van der Waals surface area contributed by atoms with Crippen molar-refractivity contribution in [2.24, 2.45) is 11.8 Å². The number of amides is 1. The van der Waals surface area contributed by atoms with Gasteiger partial charge in [0.15, 0.2) is 0 Å². The van der Waals surface area contributed by atoms with E-state index < -0.39 is 0 Å². The first-order valence-electron chi connectivity index (χ1n) is 7.68. The molecule has 1 amide bonds. The molecule has 0 aromatic carbocycles. The number of carbonyl (C=O) groups is 1. The molecule has 0 spiro atoms. The highest BCUT2D eigenvalue weighted by atomic mass is 16.2. The average molecular weight is 289 g/mol. The van der Waals surface area contributed by atoms with Crippen LogP contribution in [0.5, 0.6) is 0 Å². The smallest absolute Gasteiger partial charge is 0.252 e. The Labute approximate surface area is 125 Å². The van der Waals surface area contributed by atoms with E-state index in [1.807, 2.05) is 18.2 Å². The molecule has 3 heterocycles. The van der Waals surface area contributed by atoms with Crippen LogP contribution in [0.15, 0.2) is 24.4 Å². The Hall–Kier alpha value is -1.66. The molecule has 0 bridgehead atoms. The lowest BCUT2D eigenvalue weighted by Gasteiger charge is -2.26. The summed E-state index contributed by atoms with van der Waals surface area (Å²) in [7, 11) is 0. The molecule has 6 heteroatoms. The van der Waals surface area contributed by atoms with Crippen LogP contribution < -0.4 is 16.2 Å². The van der Waals surface area contributed by atoms with E-state index in [2.05, 4.69) is 33.0 Å². The molecule has 2 aliphatic heterocycles. The van der Waals surface area contributed by atoms with Crippen LogP contribution in [0.25, 0.3) is 0 Å². The van der Waals surface area contributed by atoms with Crippen LogP contribution in [0.3, 0.4) is 0 Å². The molecule has 2 aliphatic rings. The maximum absolute atomic E-state index is 12.1. The summed E-state index contributed by atoms with van der Waals surface area (Å²) in [6.45, 7) is 5.86. The van der Waals surface area contributed by atoms with E-state index >= 15 is 0 Å². The summed E-state index contributed by atoms with van der Waals surface area (Å²) >= 11 is 0. The van der Waals surface area contributed by atoms with Crippen molar-refractivity contribution in [1.82, 2.24) is 20.6 Å². The second-order valence-corrected chi connectivity index (χ2v) is 5.88. The number of fused-ring (bicyclic) bond motifs is 1. The van der Waals surface area contributed by atoms with Crippen LogP contribution in [0.2, 0.25) is 0 Å². The molecule has 3 N–H and O–H groups in total. The van der Waals surface area contributed by atoms with Crippen LogP contribution >= 0.6 is 0 Å². The number of hydrogen-bond acceptors (Lipinski definition) is 5. The van der Waals surface area contributed by atoms with Crippen molar-refractivity contribution in [1.29, 1.82) is 0 Å². The number of pyridine rings is 1. The summed E-state index contributed by atoms with van der Waals surface area (Å²) in [5.41, 5.74) is 5.58. The van der Waals surface area contributed by atoms with Crippen molar-refractivity contribution in [3.8, 4) is 0 Å². The number of aromatic nitrogens is 1. The van der Waals surface area contributed by atoms with Gasteiger partial charge in [-0.3, -0.25) is 20.5 Å². The SMILES string of the molecule is CCC1C2CNCC2CN1CC(=O)NNc1ccccn1. The predicted molar refractivity (Wildman–Crippen MR) is 81.5 cm³/mol. The van der Waals surface area contributed by atoms with E-state index in [1.165, 1.54) is 0 Å². The predicted octanol–water partition coefficient (Wildman–Crippen LogP) is 0.455. The molecule has 3 rings (SSSR count). The lowest BCUT2D eigenvalue weighted by atomic mass is 9.93. The zero-order valence-corrected chi connectivity index (χ0v) is 12.4. The molecule has 0 saturated carbocycles. The minimum absolute atomic E-state index is 0.00737. The number of rotatable bonds is 5. The van der Waals surface area contributed by atoms with Gasteiger partial charge in [0.25, 0.3) is 5.91 Å². The molecule has 3 atom stereocenters. The molecular formula is C15H23N5O. The molecule has 0 radical (unpaired) electrons. The van der Waals surface area contributed by atoms with Gasteiger partial charge in [-0.05, 0) is 43.5 Å². The maximum Gasteiger partial charge on any atom is 0.252 e. The summed E-state index contributed by atoms with van der Waals surface area (Å²) < 4.78 is 0. The quantitative estimate of drug-likeness (QED) is 0.687. The Balaban J connectivity index is 1.50. The van der Waals surface area contributed by atoms with E-state index in [4.69, 9.17) is 0 Å². The van der Waals surface area contributed by atoms with Crippen molar-refractivity contribution in [3.05, 3.63) is 24.4 Å². The number of carbonyl (C=O) groups excluding carboxylic acids is 1. The Bertz CT molecular complexity index is 480. The second-order valence-electron chi connectivity index (χ2n) is 5.88. The highest BCUT2D eigenvalue weighted by Gasteiger charge is 2.43. The third kappa shape index (κ3) is 3.16. The summed E-state index contributed by atoms with van der Waals surface area (Å²) in [5.74, 6) is 2.05. The highest BCUT2D eigenvalue weighted by molar-refractivity contribution is 5.79. The van der Waals surface area contributed by atoms with Gasteiger partial charge >= 0.3 is 0 Å². The lowest BCUT2D eigenvalue weighted by molar-refractivity contribution is -0.122. The normalized spacial score (nSPS) is 28.3. The van der Waals surface area contributed by atoms with Gasteiger partial charge < -0.3 is 5.32 Å². The minimum atomic E-state index is -0.00737. The Morgan fingerprint density at radius 3 is 3.14 bits per heavy atom. The average Bonchev–Trinajstić information content (AvgIpc) is 3.06. The first-order chi connectivity index (χ1) is 10.3. The second kappa shape index (κ2) is 6.41. The van der Waals surface area contributed by atoms with Crippen molar-refractivity contribution in [2.45, 2.75) is 19.4 Å². The summed E-state index contributed by atoms with van der Waals surface area (Å²) in [6, 6.07) is 6.06. The van der Waals surface area contributed by atoms with Gasteiger partial charge in [0.2, 0.25) is 0 Å². The molecule has 0 aliphatic carbocycles. The molecular weight excluding hydrogens is 266 g/mol. The summed E-state index contributed by atoms with van der Waals surface area (Å²) in [6.07, 6.45) is 2.79. The van der Waals surface area contributed by atoms with Crippen molar-refractivity contribution < 1.29 is 4.79 Å². The zero-order chi connectivity index (χ0) is 14.7. The number of nitrogens with one attached hydrogen (secondary N) is 3. The largest absolute Gasteiger partial charge is 0.316 e. The fraction of sp³-hybridized carbons (Fsp3) is 0.600. The molecule has 114 valence electrons. The maximum atomic E-state index is 12.1. The standard InChI is InChI=1S/C15H23N5O/c1-2-13-12-8-16-7-11(12)9-20(13)10-15(21)19-18-14-5-3-4-6-17-14/h3-6,11-13,16H,2,7-10H2,1H3,(H,17,18)(H,19,21). The van der Waals surface area contributed by atoms with Crippen molar-refractivity contribution in [2.75, 3.05) is 31.6 Å². The van der Waals surface area contributed by atoms with Crippen LogP contribution in [0.4, 0.5) is 5.82 Å². The van der Waals surface area contributed by atoms with Gasteiger partial charge in [-0.25, -0.2) is 4.98 Å². The molecule has 3 unspecified atom stereocenters. The van der Waals surface area contributed by atoms with Gasteiger partial charge in [0, 0.05) is 18.8 Å². The topological polar surface area (TPSA) is 69.3 Å². The summed E-state index contributed by atoms with van der Waals surface area (Å²) in [5, 5.41) is 3.46. The lowest BCUT2D eigenvalue weighted by Crippen LogP contribution is -2.43. The van der Waals surface area contributed by atoms with Gasteiger partial charge in [-0.2, -0.15) is 0 Å². The molecule has 6 nitrogen and oxygen atoms in total. The third-order valence-electron chi connectivity index (χ3n) is 4.58. The first-order valence-corrected chi connectivity index (χ1v) is 7.68. The fourth-order valence-corrected chi connectivity index (χ4v) is 3.65. The number of hydrazine groups is 1. The monoisotopic (exact) mass is 289 g/mol. The number of nitrogens with zero attached hydrogens (tertiary/aromatic N) is 2. The van der Waals surface area contributed by atoms with Crippen LogP contribution in [-0.4, -0.2) is 48.0 Å². The zero-order valence-electron chi connectivity index (χ0n) is 12.4. The van der Waals surface area contributed by atoms with E-state index in [0.717, 1.165) is 26.1 Å². The Morgan fingerprint density at radius 1 is 1.48 bits per heavy atom. The van der Waals surface area contributed by atoms with Crippen molar-refractivity contribution in [3.63, 3.8) is 0 Å². The first kappa shape index (κ1) is 14.3. The molecule has 21 heavy (non-hydrogen) atoms. The van der Waals surface area contributed by atoms with E-state index in [1.54, 1.807) is 6.20 Å². The van der Waals surface area contributed by atoms with Crippen LogP contribution in [-0.2, 0) is 4.79 Å². The Kier molecular flexibility index (Phi) is 4.36. The Morgan fingerprint density at radius 2 is 2.38 bits per heavy atom. The molecule has 2 saturated heterocycles. The van der Waals surface area contributed by atoms with Crippen LogP contribution in [0, 0.1) is 11.8 Å². The van der Waals surface area contributed by atoms with Gasteiger partial charge in [-0.15, -0.1) is 0 Å². The molecule has 1 aromatic heterocycles. The minimum Gasteiger partial charge on any atom is -0.316 e. The van der Waals surface area contributed by atoms with E-state index in [-0.39, 0.29) is 5.91 Å². The van der Waals surface area contributed by atoms with Gasteiger partial charge in [0.1, 0.15) is 5.82 Å². The third-order valence-corrected chi connectivity index (χ3v) is 4.58. The van der Waals surface area contributed by atoms with Crippen molar-refractivity contribution >= 4 is 11.7 Å². The molecule has 2 fully saturated rings. The number of anilines is 1. The van der Waals surface area contributed by atoms with Gasteiger partial charge in [-0.1, -0.05) is 13.0 Å². The number of likely N-dealkylation sites (tertiary alicyclic amines) is 1. The van der Waals surface area contributed by atoms with Gasteiger partial charge in [0.05, 0.1) is 6.54 Å². The fourth-order valence-electron chi connectivity index (χ4n) is 3.65. The number of hydrogen-bond donors (Lipinski definition) is 3. The van der Waals surface area contributed by atoms with E-state index in [9.17, 15) is 4.79 Å². The molecule has 1 aromatic rings.